The van der Waals surface area contributed by atoms with Gasteiger partial charge < -0.3 is 10.2 Å². The Bertz CT molecular complexity index is 865. The van der Waals surface area contributed by atoms with Crippen LogP contribution in [0.3, 0.4) is 0 Å². The van der Waals surface area contributed by atoms with Crippen molar-refractivity contribution >= 4 is 42.7 Å². The van der Waals surface area contributed by atoms with Crippen LogP contribution in [0.15, 0.2) is 76.7 Å². The molecule has 0 amide bonds. The standard InChI is InChI=1S/C19H15N3O2.2ClH.Ti/c23-16-8-3-1-6-14(16)12-20-18-10-5-11-19(22-18)21-13-15-7-2-4-9-17(15)24;;;/h1-13,23-24H;2*1H;/q;;;+2/p-2/b20-12+,21-13?;;;. The fraction of sp³-hybridized carbons (Fsp3) is 0. The van der Waals surface area contributed by atoms with Crippen molar-refractivity contribution in [2.45, 2.75) is 0 Å². The van der Waals surface area contributed by atoms with Crippen molar-refractivity contribution in [3.63, 3.8) is 0 Å². The van der Waals surface area contributed by atoms with Gasteiger partial charge in [-0.3, -0.25) is 0 Å². The van der Waals surface area contributed by atoms with Crippen molar-refractivity contribution in [2.75, 3.05) is 0 Å². The van der Waals surface area contributed by atoms with E-state index in [2.05, 4.69) is 15.0 Å². The molecule has 2 aromatic carbocycles. The molecule has 3 aromatic rings. The maximum absolute atomic E-state index is 9.72. The monoisotopic (exact) mass is 435 g/mol. The summed E-state index contributed by atoms with van der Waals surface area (Å²) in [6.07, 6.45) is 3.10. The molecule has 8 heteroatoms. The molecule has 0 bridgehead atoms. The molecule has 5 nitrogen and oxygen atoms in total. The molecule has 1 heterocycles. The zero-order valence-corrected chi connectivity index (χ0v) is 17.1. The molecule has 0 spiro atoms. The van der Waals surface area contributed by atoms with Gasteiger partial charge in [-0.15, -0.1) is 0 Å². The zero-order chi connectivity index (χ0) is 19.5. The summed E-state index contributed by atoms with van der Waals surface area (Å²) in [5.74, 6) is 1.28. The third kappa shape index (κ3) is 7.15. The van der Waals surface area contributed by atoms with E-state index in [1.54, 1.807) is 67.0 Å². The van der Waals surface area contributed by atoms with E-state index in [0.29, 0.717) is 22.8 Å². The van der Waals surface area contributed by atoms with E-state index in [4.69, 9.17) is 18.6 Å². The summed E-state index contributed by atoms with van der Waals surface area (Å²) in [6.45, 7) is 0. The number of hydrogen-bond donors (Lipinski definition) is 2. The van der Waals surface area contributed by atoms with Crippen molar-refractivity contribution < 1.29 is 27.2 Å². The van der Waals surface area contributed by atoms with Gasteiger partial charge in [0.25, 0.3) is 0 Å². The van der Waals surface area contributed by atoms with Gasteiger partial charge in [0.15, 0.2) is 11.6 Å². The summed E-state index contributed by atoms with van der Waals surface area (Å²) < 4.78 is 0. The molecule has 27 heavy (non-hydrogen) atoms. The number of phenols is 2. The molecule has 136 valence electrons. The Hall–Kier alpha value is -2.18. The van der Waals surface area contributed by atoms with Gasteiger partial charge >= 0.3 is 35.6 Å². The van der Waals surface area contributed by atoms with Gasteiger partial charge in [0.2, 0.25) is 0 Å². The molecule has 1 aromatic heterocycles. The van der Waals surface area contributed by atoms with Gasteiger partial charge in [-0.2, -0.15) is 0 Å². The van der Waals surface area contributed by atoms with Gasteiger partial charge in [0.1, 0.15) is 11.5 Å². The first-order valence-electron chi connectivity index (χ1n) is 7.71. The fourth-order valence-corrected chi connectivity index (χ4v) is 2.02. The SMILES string of the molecule is Oc1ccccc1C=Nc1cccc(/N=C/c2ccccc2O)n1.[Cl][Ti][Cl]. The Balaban J connectivity index is 0.000000817. The van der Waals surface area contributed by atoms with E-state index in [1.807, 2.05) is 12.1 Å². The molecule has 0 saturated carbocycles. The Labute approximate surface area is 173 Å². The number of aromatic nitrogens is 1. The summed E-state index contributed by atoms with van der Waals surface area (Å²) >= 11 is -0.556. The van der Waals surface area contributed by atoms with E-state index < -0.39 is 17.0 Å². The van der Waals surface area contributed by atoms with Gasteiger partial charge in [0, 0.05) is 23.6 Å². The van der Waals surface area contributed by atoms with Crippen molar-refractivity contribution in [1.82, 2.24) is 4.98 Å². The number of phenolic OH excluding ortho intramolecular Hbond substituents is 2. The van der Waals surface area contributed by atoms with E-state index in [0.717, 1.165) is 0 Å². The van der Waals surface area contributed by atoms with Gasteiger partial charge in [-0.1, -0.05) is 30.3 Å². The summed E-state index contributed by atoms with van der Waals surface area (Å²) in [5.41, 5.74) is 1.23. The molecule has 0 aliphatic carbocycles. The molecule has 2 N–H and O–H groups in total. The third-order valence-corrected chi connectivity index (χ3v) is 3.27. The maximum atomic E-state index is 9.72. The minimum atomic E-state index is -0.556. The molecule has 0 aliphatic rings. The Kier molecular flexibility index (Phi) is 9.01. The molecule has 0 unspecified atom stereocenters. The van der Waals surface area contributed by atoms with Crippen LogP contribution in [0, 0.1) is 0 Å². The second-order valence-electron chi connectivity index (χ2n) is 5.06. The molecule has 3 rings (SSSR count). The Morgan fingerprint density at radius 2 is 1.11 bits per heavy atom. The average molecular weight is 436 g/mol. The minimum absolute atomic E-state index is 0.162. The Morgan fingerprint density at radius 3 is 1.52 bits per heavy atom. The molecule has 0 fully saturated rings. The summed E-state index contributed by atoms with van der Waals surface area (Å²) in [4.78, 5) is 12.8. The van der Waals surface area contributed by atoms with Crippen molar-refractivity contribution in [2.24, 2.45) is 9.98 Å². The van der Waals surface area contributed by atoms with Gasteiger partial charge in [-0.25, -0.2) is 15.0 Å². The van der Waals surface area contributed by atoms with Crippen LogP contribution in [-0.2, 0) is 17.0 Å². The summed E-state index contributed by atoms with van der Waals surface area (Å²) in [6, 6.07) is 19.1. The molecule has 0 saturated heterocycles. The molecular formula is C19H15Cl2N3O2Ti. The second kappa shape index (κ2) is 11.5. The summed E-state index contributed by atoms with van der Waals surface area (Å²) in [5, 5.41) is 19.4. The predicted octanol–water partition coefficient (Wildman–Crippen LogP) is 5.37. The second-order valence-corrected chi connectivity index (χ2v) is 7.64. The van der Waals surface area contributed by atoms with Crippen LogP contribution in [-0.4, -0.2) is 27.6 Å². The quantitative estimate of drug-likeness (QED) is 0.427. The van der Waals surface area contributed by atoms with Gasteiger partial charge in [-0.05, 0) is 36.4 Å². The van der Waals surface area contributed by atoms with Crippen molar-refractivity contribution in [1.29, 1.82) is 0 Å². The number of rotatable bonds is 4. The summed E-state index contributed by atoms with van der Waals surface area (Å²) in [7, 11) is 9.78. The third-order valence-electron chi connectivity index (χ3n) is 3.27. The van der Waals surface area contributed by atoms with Gasteiger partial charge in [0.05, 0.1) is 0 Å². The van der Waals surface area contributed by atoms with Crippen LogP contribution in [0.25, 0.3) is 0 Å². The van der Waals surface area contributed by atoms with E-state index in [9.17, 15) is 10.2 Å². The Morgan fingerprint density at radius 1 is 0.704 bits per heavy atom. The van der Waals surface area contributed by atoms with E-state index in [1.165, 1.54) is 0 Å². The number of aromatic hydroxyl groups is 2. The number of benzene rings is 2. The van der Waals surface area contributed by atoms with Crippen molar-refractivity contribution in [3.8, 4) is 11.5 Å². The van der Waals surface area contributed by atoms with E-state index in [-0.39, 0.29) is 11.5 Å². The number of nitrogens with zero attached hydrogens (tertiary/aromatic N) is 3. The van der Waals surface area contributed by atoms with Crippen LogP contribution in [0.1, 0.15) is 11.1 Å². The fourth-order valence-electron chi connectivity index (χ4n) is 2.02. The average Bonchev–Trinajstić information content (AvgIpc) is 2.68. The van der Waals surface area contributed by atoms with Crippen LogP contribution in [0.5, 0.6) is 11.5 Å². The molecule has 0 radical (unpaired) electrons. The first kappa shape index (κ1) is 21.1. The van der Waals surface area contributed by atoms with Crippen molar-refractivity contribution in [3.05, 3.63) is 77.9 Å². The molecular weight excluding hydrogens is 421 g/mol. The number of hydrogen-bond acceptors (Lipinski definition) is 5. The number of para-hydroxylation sites is 2. The normalized spacial score (nSPS) is 10.6. The molecule has 0 atom stereocenters. The van der Waals surface area contributed by atoms with Crippen LogP contribution < -0.4 is 0 Å². The first-order valence-corrected chi connectivity index (χ1v) is 12.0. The van der Waals surface area contributed by atoms with Crippen LogP contribution in [0.2, 0.25) is 0 Å². The van der Waals surface area contributed by atoms with Crippen LogP contribution in [0.4, 0.5) is 11.6 Å². The van der Waals surface area contributed by atoms with E-state index >= 15 is 0 Å². The number of halogens is 2. The topological polar surface area (TPSA) is 78.1 Å². The number of pyridine rings is 1. The van der Waals surface area contributed by atoms with Crippen LogP contribution >= 0.6 is 18.6 Å². The predicted molar refractivity (Wildman–Crippen MR) is 107 cm³/mol. The molecule has 0 aliphatic heterocycles. The number of aliphatic imine (C=N–C) groups is 2. The first-order chi connectivity index (χ1) is 13.1. The zero-order valence-electron chi connectivity index (χ0n) is 14.0.